The number of aryl methyl sites for hydroxylation is 2. The van der Waals surface area contributed by atoms with Crippen LogP contribution in [0.2, 0.25) is 0 Å². The minimum Gasteiger partial charge on any atom is -0.396 e. The van der Waals surface area contributed by atoms with Gasteiger partial charge in [0.1, 0.15) is 5.82 Å². The van der Waals surface area contributed by atoms with Crippen molar-refractivity contribution in [1.82, 2.24) is 15.1 Å². The second-order valence-electron chi connectivity index (χ2n) is 5.45. The Bertz CT molecular complexity index is 625. The highest BCUT2D eigenvalue weighted by molar-refractivity contribution is 5.88. The van der Waals surface area contributed by atoms with Crippen molar-refractivity contribution in [3.05, 3.63) is 47.7 Å². The average molecular weight is 316 g/mol. The molecule has 0 aliphatic rings. The number of carbonyl (C=O) groups excluding carboxylic acids is 1. The third kappa shape index (κ3) is 4.82. The Labute approximate surface area is 136 Å². The van der Waals surface area contributed by atoms with E-state index in [0.717, 1.165) is 17.7 Å². The van der Waals surface area contributed by atoms with Crippen molar-refractivity contribution in [1.29, 1.82) is 0 Å². The molecule has 6 heteroatoms. The van der Waals surface area contributed by atoms with Crippen LogP contribution in [0.25, 0.3) is 0 Å². The van der Waals surface area contributed by atoms with E-state index >= 15 is 0 Å². The van der Waals surface area contributed by atoms with Gasteiger partial charge in [0, 0.05) is 32.2 Å². The smallest absolute Gasteiger partial charge is 0.320 e. The van der Waals surface area contributed by atoms with Crippen molar-refractivity contribution in [2.45, 2.75) is 25.7 Å². The summed E-state index contributed by atoms with van der Waals surface area (Å²) in [5.74, 6) is 0.752. The van der Waals surface area contributed by atoms with Gasteiger partial charge in [-0.15, -0.1) is 0 Å². The summed E-state index contributed by atoms with van der Waals surface area (Å²) in [4.78, 5) is 12.1. The lowest BCUT2D eigenvalue weighted by molar-refractivity contribution is 0.248. The maximum Gasteiger partial charge on any atom is 0.320 e. The van der Waals surface area contributed by atoms with Gasteiger partial charge < -0.3 is 10.4 Å². The van der Waals surface area contributed by atoms with E-state index in [9.17, 15) is 9.90 Å². The van der Waals surface area contributed by atoms with Crippen LogP contribution in [0.4, 0.5) is 10.6 Å². The molecule has 3 N–H and O–H groups in total. The fourth-order valence-corrected chi connectivity index (χ4v) is 2.46. The molecule has 0 spiro atoms. The number of aliphatic hydroxyl groups excluding tert-OH is 1. The molecule has 0 aliphatic carbocycles. The van der Waals surface area contributed by atoms with Crippen molar-refractivity contribution in [3.63, 3.8) is 0 Å². The second kappa shape index (κ2) is 8.33. The van der Waals surface area contributed by atoms with Gasteiger partial charge in [0.25, 0.3) is 0 Å². The molecule has 6 nitrogen and oxygen atoms in total. The number of nitrogens with zero attached hydrogens (tertiary/aromatic N) is 2. The first-order chi connectivity index (χ1) is 11.1. The minimum atomic E-state index is -0.269. The number of aromatic nitrogens is 2. The van der Waals surface area contributed by atoms with E-state index in [2.05, 4.69) is 15.7 Å². The van der Waals surface area contributed by atoms with Crippen LogP contribution in [0.5, 0.6) is 0 Å². The Morgan fingerprint density at radius 3 is 2.70 bits per heavy atom. The zero-order valence-electron chi connectivity index (χ0n) is 13.6. The first kappa shape index (κ1) is 17.0. The standard InChI is InChI=1S/C17H24N4O2/c1-3-15-11-16(21(2)20-15)19-17(23)18-12-14(9-10-22)13-7-5-4-6-8-13/h4-8,11,14,22H,3,9-10,12H2,1-2H3,(H2,18,19,23). The van der Waals surface area contributed by atoms with Gasteiger partial charge in [-0.05, 0) is 18.4 Å². The number of hydrogen-bond acceptors (Lipinski definition) is 3. The van der Waals surface area contributed by atoms with Gasteiger partial charge in [0.05, 0.1) is 5.69 Å². The zero-order chi connectivity index (χ0) is 16.7. The van der Waals surface area contributed by atoms with Gasteiger partial charge in [-0.2, -0.15) is 5.10 Å². The van der Waals surface area contributed by atoms with Gasteiger partial charge in [-0.25, -0.2) is 4.79 Å². The minimum absolute atomic E-state index is 0.0877. The molecule has 2 amide bonds. The lowest BCUT2D eigenvalue weighted by Crippen LogP contribution is -2.33. The monoisotopic (exact) mass is 316 g/mol. The summed E-state index contributed by atoms with van der Waals surface area (Å²) < 4.78 is 1.65. The molecule has 1 aromatic heterocycles. The van der Waals surface area contributed by atoms with Gasteiger partial charge in [0.2, 0.25) is 0 Å². The number of anilines is 1. The first-order valence-electron chi connectivity index (χ1n) is 7.87. The highest BCUT2D eigenvalue weighted by atomic mass is 16.3. The van der Waals surface area contributed by atoms with E-state index in [0.29, 0.717) is 18.8 Å². The van der Waals surface area contributed by atoms with Crippen molar-refractivity contribution < 1.29 is 9.90 Å². The zero-order valence-corrected chi connectivity index (χ0v) is 13.6. The van der Waals surface area contributed by atoms with E-state index in [1.54, 1.807) is 11.7 Å². The molecule has 1 atom stereocenters. The van der Waals surface area contributed by atoms with Crippen LogP contribution < -0.4 is 10.6 Å². The second-order valence-corrected chi connectivity index (χ2v) is 5.45. The lowest BCUT2D eigenvalue weighted by Gasteiger charge is -2.17. The predicted molar refractivity (Wildman–Crippen MR) is 90.5 cm³/mol. The predicted octanol–water partition coefficient (Wildman–Crippen LogP) is 2.27. The molecule has 2 aromatic rings. The topological polar surface area (TPSA) is 79.2 Å². The molecule has 0 saturated heterocycles. The molecule has 23 heavy (non-hydrogen) atoms. The van der Waals surface area contributed by atoms with Crippen molar-refractivity contribution in [2.75, 3.05) is 18.5 Å². The van der Waals surface area contributed by atoms with Crippen molar-refractivity contribution in [3.8, 4) is 0 Å². The normalized spacial score (nSPS) is 12.0. The largest absolute Gasteiger partial charge is 0.396 e. The van der Waals surface area contributed by atoms with Crippen LogP contribution in [0.15, 0.2) is 36.4 Å². The lowest BCUT2D eigenvalue weighted by atomic mass is 9.96. The summed E-state index contributed by atoms with van der Waals surface area (Å²) in [6.45, 7) is 2.57. The number of urea groups is 1. The fraction of sp³-hybridized carbons (Fsp3) is 0.412. The Hall–Kier alpha value is -2.34. The number of hydrogen-bond donors (Lipinski definition) is 3. The van der Waals surface area contributed by atoms with E-state index in [1.165, 1.54) is 0 Å². The average Bonchev–Trinajstić information content (AvgIpc) is 2.92. The quantitative estimate of drug-likeness (QED) is 0.733. The summed E-state index contributed by atoms with van der Waals surface area (Å²) >= 11 is 0. The highest BCUT2D eigenvalue weighted by Gasteiger charge is 2.13. The van der Waals surface area contributed by atoms with Crippen molar-refractivity contribution >= 4 is 11.8 Å². The van der Waals surface area contributed by atoms with E-state index in [1.807, 2.05) is 43.3 Å². The van der Waals surface area contributed by atoms with Crippen LogP contribution in [0.3, 0.4) is 0 Å². The number of amides is 2. The number of rotatable bonds is 7. The van der Waals surface area contributed by atoms with E-state index < -0.39 is 0 Å². The number of benzene rings is 1. The molecular weight excluding hydrogens is 292 g/mol. The Balaban J connectivity index is 1.92. The summed E-state index contributed by atoms with van der Waals surface area (Å²) in [5.41, 5.74) is 2.04. The van der Waals surface area contributed by atoms with Gasteiger partial charge in [-0.3, -0.25) is 10.00 Å². The third-order valence-corrected chi connectivity index (χ3v) is 3.79. The molecule has 124 valence electrons. The van der Waals surface area contributed by atoms with Gasteiger partial charge >= 0.3 is 6.03 Å². The molecule has 0 saturated carbocycles. The molecule has 1 unspecified atom stereocenters. The van der Waals surface area contributed by atoms with Gasteiger partial charge in [0.15, 0.2) is 0 Å². The van der Waals surface area contributed by atoms with Crippen molar-refractivity contribution in [2.24, 2.45) is 7.05 Å². The molecule has 0 aliphatic heterocycles. The Kier molecular flexibility index (Phi) is 6.17. The number of nitrogens with one attached hydrogen (secondary N) is 2. The number of aliphatic hydroxyl groups is 1. The van der Waals surface area contributed by atoms with Crippen LogP contribution in [-0.2, 0) is 13.5 Å². The van der Waals surface area contributed by atoms with E-state index in [4.69, 9.17) is 0 Å². The summed E-state index contributed by atoms with van der Waals surface area (Å²) in [6, 6.07) is 11.5. The third-order valence-electron chi connectivity index (χ3n) is 3.79. The SMILES string of the molecule is CCc1cc(NC(=O)NCC(CCO)c2ccccc2)n(C)n1. The fourth-order valence-electron chi connectivity index (χ4n) is 2.46. The van der Waals surface area contributed by atoms with Crippen LogP contribution in [0.1, 0.15) is 30.5 Å². The highest BCUT2D eigenvalue weighted by Crippen LogP contribution is 2.18. The van der Waals surface area contributed by atoms with Gasteiger partial charge in [-0.1, -0.05) is 37.3 Å². The van der Waals surface area contributed by atoms with E-state index in [-0.39, 0.29) is 18.6 Å². The first-order valence-corrected chi connectivity index (χ1v) is 7.87. The Morgan fingerprint density at radius 1 is 1.35 bits per heavy atom. The van der Waals surface area contributed by atoms with Crippen LogP contribution in [0, 0.1) is 0 Å². The summed E-state index contributed by atoms with van der Waals surface area (Å²) in [7, 11) is 1.80. The van der Waals surface area contributed by atoms with Crippen LogP contribution in [-0.4, -0.2) is 34.1 Å². The number of carbonyl (C=O) groups is 1. The molecule has 0 bridgehead atoms. The molecule has 1 heterocycles. The Morgan fingerprint density at radius 2 is 2.09 bits per heavy atom. The molecule has 2 rings (SSSR count). The maximum atomic E-state index is 12.1. The molecule has 1 aromatic carbocycles. The molecular formula is C17H24N4O2. The molecule has 0 fully saturated rings. The summed E-state index contributed by atoms with van der Waals surface area (Å²) in [6.07, 6.45) is 1.43. The maximum absolute atomic E-state index is 12.1. The van der Waals surface area contributed by atoms with Crippen LogP contribution >= 0.6 is 0 Å². The molecule has 0 radical (unpaired) electrons. The summed E-state index contributed by atoms with van der Waals surface area (Å²) in [5, 5.41) is 19.2.